The van der Waals surface area contributed by atoms with E-state index in [1.807, 2.05) is 9.80 Å². The van der Waals surface area contributed by atoms with Gasteiger partial charge in [-0.2, -0.15) is 15.4 Å². The van der Waals surface area contributed by atoms with Crippen LogP contribution in [0.1, 0.15) is 20.8 Å². The number of aromatic nitrogens is 4. The second kappa shape index (κ2) is 7.95. The summed E-state index contributed by atoms with van der Waals surface area (Å²) in [4.78, 5) is 30.4. The molecule has 3 aliphatic rings. The summed E-state index contributed by atoms with van der Waals surface area (Å²) in [6.45, 7) is 2.56. The van der Waals surface area contributed by atoms with Gasteiger partial charge in [-0.05, 0) is 66.1 Å². The van der Waals surface area contributed by atoms with E-state index >= 15 is 0 Å². The highest BCUT2D eigenvalue weighted by molar-refractivity contribution is 5.99. The third kappa shape index (κ3) is 3.53. The SMILES string of the molecule is Cn1c(C(=O)N2CC3C(C2)[C@@H]2CN(C(=O)c4ccc5n[nH]nc5c4)C[C@H]32)cc2cc(OC(F)(F)F)ccc21. The maximum atomic E-state index is 13.4. The molecule has 9 nitrogen and oxygen atoms in total. The summed E-state index contributed by atoms with van der Waals surface area (Å²) in [7, 11) is 1.74. The molecule has 2 unspecified atom stereocenters. The molecule has 1 aliphatic carbocycles. The number of rotatable bonds is 3. The Kier molecular flexibility index (Phi) is 4.83. The quantitative estimate of drug-likeness (QED) is 0.443. The van der Waals surface area contributed by atoms with Crippen molar-refractivity contribution in [3.05, 3.63) is 53.7 Å². The number of aryl methyl sites for hydroxylation is 1. The van der Waals surface area contributed by atoms with Gasteiger partial charge in [-0.1, -0.05) is 0 Å². The lowest BCUT2D eigenvalue weighted by molar-refractivity contribution is -0.274. The standard InChI is InChI=1S/C26H23F3N6O3/c1-33-22-5-3-15(38-26(27,28)29)6-14(22)8-23(33)25(37)35-11-18-16-9-34(10-17(16)19(18)12-35)24(36)13-2-4-20-21(7-13)31-32-30-20/h2-8,16-19H,9-12H2,1H3,(H,30,31,32)/t16-,17+,18?,19?. The highest BCUT2D eigenvalue weighted by Gasteiger charge is 2.59. The van der Waals surface area contributed by atoms with Gasteiger partial charge in [0.05, 0.1) is 0 Å². The topological polar surface area (TPSA) is 96.4 Å². The molecule has 7 rings (SSSR count). The van der Waals surface area contributed by atoms with Gasteiger partial charge in [0.25, 0.3) is 11.8 Å². The number of amides is 2. The van der Waals surface area contributed by atoms with E-state index in [0.29, 0.717) is 83.0 Å². The van der Waals surface area contributed by atoms with Crippen molar-refractivity contribution >= 4 is 33.8 Å². The Morgan fingerprint density at radius 1 is 0.868 bits per heavy atom. The number of ether oxygens (including phenoxy) is 1. The van der Waals surface area contributed by atoms with Crippen LogP contribution in [0.4, 0.5) is 13.2 Å². The summed E-state index contributed by atoms with van der Waals surface area (Å²) < 4.78 is 43.6. The maximum absolute atomic E-state index is 13.4. The molecule has 2 saturated heterocycles. The molecule has 38 heavy (non-hydrogen) atoms. The van der Waals surface area contributed by atoms with Crippen molar-refractivity contribution in [3.63, 3.8) is 0 Å². The highest BCUT2D eigenvalue weighted by atomic mass is 19.4. The van der Waals surface area contributed by atoms with Gasteiger partial charge < -0.3 is 19.1 Å². The Balaban J connectivity index is 1.04. The number of hydrogen-bond acceptors (Lipinski definition) is 5. The number of nitrogens with zero attached hydrogens (tertiary/aromatic N) is 5. The van der Waals surface area contributed by atoms with Gasteiger partial charge >= 0.3 is 6.36 Å². The molecule has 4 heterocycles. The lowest BCUT2D eigenvalue weighted by Crippen LogP contribution is -2.44. The highest BCUT2D eigenvalue weighted by Crippen LogP contribution is 2.54. The average molecular weight is 525 g/mol. The van der Waals surface area contributed by atoms with Crippen molar-refractivity contribution < 1.29 is 27.5 Å². The molecule has 4 aromatic rings. The Bertz CT molecular complexity index is 1590. The number of carbonyl (C=O) groups is 2. The van der Waals surface area contributed by atoms with Crippen LogP contribution in [0.2, 0.25) is 0 Å². The summed E-state index contributed by atoms with van der Waals surface area (Å²) in [6.07, 6.45) is -4.78. The number of benzene rings is 2. The van der Waals surface area contributed by atoms with E-state index in [1.54, 1.807) is 35.9 Å². The summed E-state index contributed by atoms with van der Waals surface area (Å²) >= 11 is 0. The Morgan fingerprint density at radius 3 is 2.16 bits per heavy atom. The van der Waals surface area contributed by atoms with Crippen molar-refractivity contribution in [2.75, 3.05) is 26.2 Å². The number of H-pyrrole nitrogens is 1. The molecule has 2 aliphatic heterocycles. The second-order valence-electron chi connectivity index (χ2n) is 10.5. The van der Waals surface area contributed by atoms with Crippen LogP contribution in [0.25, 0.3) is 21.9 Å². The molecule has 2 aromatic carbocycles. The molecule has 0 radical (unpaired) electrons. The molecule has 12 heteroatoms. The first-order valence-electron chi connectivity index (χ1n) is 12.4. The lowest BCUT2D eigenvalue weighted by atomic mass is 9.60. The van der Waals surface area contributed by atoms with Crippen LogP contribution in [0.15, 0.2) is 42.5 Å². The maximum Gasteiger partial charge on any atom is 0.573 e. The normalized spacial score (nSPS) is 24.5. The monoisotopic (exact) mass is 524 g/mol. The Morgan fingerprint density at radius 2 is 1.50 bits per heavy atom. The van der Waals surface area contributed by atoms with Gasteiger partial charge in [-0.15, -0.1) is 13.2 Å². The third-order valence-electron chi connectivity index (χ3n) is 8.53. The zero-order valence-electron chi connectivity index (χ0n) is 20.3. The number of halogens is 3. The fourth-order valence-corrected chi connectivity index (χ4v) is 6.75. The Hall–Kier alpha value is -4.09. The molecule has 1 N–H and O–H groups in total. The van der Waals surface area contributed by atoms with Crippen LogP contribution < -0.4 is 4.74 Å². The number of hydrogen-bond donors (Lipinski definition) is 1. The van der Waals surface area contributed by atoms with E-state index in [1.165, 1.54) is 18.2 Å². The summed E-state index contributed by atoms with van der Waals surface area (Å²) in [5, 5.41) is 11.2. The first kappa shape index (κ1) is 23.1. The molecular formula is C26H23F3N6O3. The number of aromatic amines is 1. The van der Waals surface area contributed by atoms with E-state index in [-0.39, 0.29) is 17.6 Å². The fraction of sp³-hybridized carbons (Fsp3) is 0.385. The minimum Gasteiger partial charge on any atom is -0.406 e. The largest absolute Gasteiger partial charge is 0.573 e. The summed E-state index contributed by atoms with van der Waals surface area (Å²) in [5.41, 5.74) is 3.04. The molecule has 2 aromatic heterocycles. The van der Waals surface area contributed by atoms with Gasteiger partial charge in [0, 0.05) is 49.7 Å². The van der Waals surface area contributed by atoms with Crippen LogP contribution >= 0.6 is 0 Å². The third-order valence-corrected chi connectivity index (χ3v) is 8.53. The zero-order chi connectivity index (χ0) is 26.3. The van der Waals surface area contributed by atoms with Gasteiger partial charge in [0.2, 0.25) is 0 Å². The second-order valence-corrected chi connectivity index (χ2v) is 10.5. The minimum atomic E-state index is -4.78. The van der Waals surface area contributed by atoms with E-state index in [0.717, 1.165) is 0 Å². The summed E-state index contributed by atoms with van der Waals surface area (Å²) in [5.74, 6) is 0.909. The number of likely N-dealkylation sites (tertiary alicyclic amines) is 2. The number of fused-ring (bicyclic) bond motifs is 6. The first-order chi connectivity index (χ1) is 18.2. The molecule has 0 bridgehead atoms. The molecule has 4 atom stereocenters. The first-order valence-corrected chi connectivity index (χ1v) is 12.4. The van der Waals surface area contributed by atoms with E-state index in [9.17, 15) is 22.8 Å². The minimum absolute atomic E-state index is 0.0142. The van der Waals surface area contributed by atoms with Crippen molar-refractivity contribution in [2.24, 2.45) is 30.7 Å². The number of carbonyl (C=O) groups excluding carboxylic acids is 2. The molecular weight excluding hydrogens is 501 g/mol. The molecule has 0 spiro atoms. The van der Waals surface area contributed by atoms with E-state index in [4.69, 9.17) is 0 Å². The van der Waals surface area contributed by atoms with Gasteiger partial charge in [-0.3, -0.25) is 9.59 Å². The predicted molar refractivity (Wildman–Crippen MR) is 129 cm³/mol. The molecule has 1 saturated carbocycles. The van der Waals surface area contributed by atoms with Crippen LogP contribution in [0, 0.1) is 23.7 Å². The van der Waals surface area contributed by atoms with Crippen molar-refractivity contribution in [2.45, 2.75) is 6.36 Å². The fourth-order valence-electron chi connectivity index (χ4n) is 6.75. The van der Waals surface area contributed by atoms with E-state index < -0.39 is 6.36 Å². The van der Waals surface area contributed by atoms with Gasteiger partial charge in [-0.25, -0.2) is 0 Å². The van der Waals surface area contributed by atoms with Crippen LogP contribution in [0.3, 0.4) is 0 Å². The van der Waals surface area contributed by atoms with Crippen LogP contribution in [-0.4, -0.2) is 74.1 Å². The van der Waals surface area contributed by atoms with Crippen LogP contribution in [-0.2, 0) is 7.05 Å². The van der Waals surface area contributed by atoms with Crippen molar-refractivity contribution in [3.8, 4) is 5.75 Å². The number of alkyl halides is 3. The van der Waals surface area contributed by atoms with Gasteiger partial charge in [0.1, 0.15) is 22.5 Å². The van der Waals surface area contributed by atoms with Gasteiger partial charge in [0.15, 0.2) is 0 Å². The smallest absolute Gasteiger partial charge is 0.406 e. The van der Waals surface area contributed by atoms with Crippen LogP contribution in [0.5, 0.6) is 5.75 Å². The van der Waals surface area contributed by atoms with Crippen molar-refractivity contribution in [1.29, 1.82) is 0 Å². The average Bonchev–Trinajstić information content (AvgIpc) is 3.64. The molecule has 3 fully saturated rings. The molecule has 2 amide bonds. The molecule has 196 valence electrons. The van der Waals surface area contributed by atoms with E-state index in [2.05, 4.69) is 20.1 Å². The predicted octanol–water partition coefficient (Wildman–Crippen LogP) is 3.44. The Labute approximate surface area is 214 Å². The zero-order valence-corrected chi connectivity index (χ0v) is 20.3. The summed E-state index contributed by atoms with van der Waals surface area (Å²) in [6, 6.07) is 11.0. The van der Waals surface area contributed by atoms with Crippen molar-refractivity contribution in [1.82, 2.24) is 29.8 Å². The number of nitrogens with one attached hydrogen (secondary N) is 1. The lowest BCUT2D eigenvalue weighted by Gasteiger charge is -2.42.